The smallest absolute Gasteiger partial charge is 0.258 e. The van der Waals surface area contributed by atoms with Gasteiger partial charge in [0.15, 0.2) is 11.5 Å². The van der Waals surface area contributed by atoms with Gasteiger partial charge in [-0.2, -0.15) is 4.98 Å². The fourth-order valence-corrected chi connectivity index (χ4v) is 4.55. The third-order valence-electron chi connectivity index (χ3n) is 6.24. The van der Waals surface area contributed by atoms with Crippen molar-refractivity contribution in [1.82, 2.24) is 19.9 Å². The van der Waals surface area contributed by atoms with Crippen LogP contribution in [0.2, 0.25) is 0 Å². The molecule has 2 aromatic carbocycles. The molecule has 192 valence electrons. The van der Waals surface area contributed by atoms with Crippen LogP contribution in [0.5, 0.6) is 11.5 Å². The Labute approximate surface area is 211 Å². The average molecular weight is 495 g/mol. The van der Waals surface area contributed by atoms with E-state index >= 15 is 0 Å². The number of aliphatic hydroxyl groups is 1. The number of carbonyl (C=O) groups is 1. The van der Waals surface area contributed by atoms with Crippen LogP contribution in [0.15, 0.2) is 40.9 Å². The van der Waals surface area contributed by atoms with Crippen LogP contribution in [0.3, 0.4) is 0 Å². The number of aromatic nitrogens is 2. The van der Waals surface area contributed by atoms with Crippen molar-refractivity contribution < 1.29 is 23.9 Å². The third-order valence-corrected chi connectivity index (χ3v) is 6.24. The van der Waals surface area contributed by atoms with Crippen molar-refractivity contribution >= 4 is 5.91 Å². The molecular formula is C27H34N4O5. The van der Waals surface area contributed by atoms with Gasteiger partial charge in [0.25, 0.3) is 5.89 Å². The van der Waals surface area contributed by atoms with Crippen molar-refractivity contribution in [3.8, 4) is 34.3 Å². The summed E-state index contributed by atoms with van der Waals surface area (Å²) in [5, 5.41) is 14.4. The minimum absolute atomic E-state index is 0.0148. The number of hydrogen-bond acceptors (Lipinski definition) is 8. The summed E-state index contributed by atoms with van der Waals surface area (Å²) in [6, 6.07) is 11.3. The lowest BCUT2D eigenvalue weighted by Gasteiger charge is -2.26. The molecule has 0 spiro atoms. The van der Waals surface area contributed by atoms with Crippen LogP contribution in [0.1, 0.15) is 31.4 Å². The second kappa shape index (κ2) is 11.1. The summed E-state index contributed by atoms with van der Waals surface area (Å²) in [6.45, 7) is 7.97. The molecule has 1 fully saturated rings. The summed E-state index contributed by atoms with van der Waals surface area (Å²) < 4.78 is 16.9. The first-order valence-electron chi connectivity index (χ1n) is 12.3. The Balaban J connectivity index is 1.53. The Morgan fingerprint density at radius 2 is 1.89 bits per heavy atom. The van der Waals surface area contributed by atoms with Gasteiger partial charge in [-0.1, -0.05) is 23.4 Å². The van der Waals surface area contributed by atoms with E-state index < -0.39 is 6.10 Å². The van der Waals surface area contributed by atoms with E-state index in [-0.39, 0.29) is 11.9 Å². The predicted molar refractivity (Wildman–Crippen MR) is 136 cm³/mol. The molecule has 9 nitrogen and oxygen atoms in total. The molecule has 2 atom stereocenters. The summed E-state index contributed by atoms with van der Waals surface area (Å²) in [5.41, 5.74) is 3.67. The lowest BCUT2D eigenvalue weighted by Crippen LogP contribution is -2.42. The molecule has 0 aliphatic carbocycles. The second-order valence-corrected chi connectivity index (χ2v) is 9.17. The SMILES string of the molecule is CCOc1ccc(-c2nc(-c3ccc(CN4C[C@H](O)C[C@H]4C(=O)N(C)C)cc3C)no2)cc1OCC. The van der Waals surface area contributed by atoms with Crippen molar-refractivity contribution in [2.24, 2.45) is 0 Å². The lowest BCUT2D eigenvalue weighted by atomic mass is 10.0. The van der Waals surface area contributed by atoms with Crippen LogP contribution < -0.4 is 9.47 Å². The van der Waals surface area contributed by atoms with E-state index in [9.17, 15) is 9.90 Å². The van der Waals surface area contributed by atoms with Gasteiger partial charge in [0.05, 0.1) is 25.4 Å². The highest BCUT2D eigenvalue weighted by Crippen LogP contribution is 2.33. The lowest BCUT2D eigenvalue weighted by molar-refractivity contribution is -0.133. The van der Waals surface area contributed by atoms with Gasteiger partial charge in [0.1, 0.15) is 0 Å². The molecule has 0 bridgehead atoms. The van der Waals surface area contributed by atoms with Crippen LogP contribution in [-0.2, 0) is 11.3 Å². The van der Waals surface area contributed by atoms with Crippen molar-refractivity contribution in [1.29, 1.82) is 0 Å². The Morgan fingerprint density at radius 3 is 2.58 bits per heavy atom. The predicted octanol–water partition coefficient (Wildman–Crippen LogP) is 3.53. The van der Waals surface area contributed by atoms with Gasteiger partial charge >= 0.3 is 0 Å². The average Bonchev–Trinajstić information content (AvgIpc) is 3.47. The quantitative estimate of drug-likeness (QED) is 0.482. The number of aryl methyl sites for hydroxylation is 1. The minimum Gasteiger partial charge on any atom is -0.490 e. The first kappa shape index (κ1) is 25.7. The van der Waals surface area contributed by atoms with Crippen LogP contribution in [0, 0.1) is 6.92 Å². The molecule has 1 amide bonds. The highest BCUT2D eigenvalue weighted by molar-refractivity contribution is 5.81. The molecule has 2 heterocycles. The number of benzene rings is 2. The van der Waals surface area contributed by atoms with E-state index in [1.165, 1.54) is 0 Å². The number of likely N-dealkylation sites (N-methyl/N-ethyl adjacent to an activating group) is 1. The van der Waals surface area contributed by atoms with Gasteiger partial charge in [0.2, 0.25) is 11.7 Å². The normalized spacial score (nSPS) is 17.8. The van der Waals surface area contributed by atoms with Crippen molar-refractivity contribution in [2.45, 2.75) is 45.9 Å². The fraction of sp³-hybridized carbons (Fsp3) is 0.444. The van der Waals surface area contributed by atoms with Crippen LogP contribution in [0.25, 0.3) is 22.8 Å². The van der Waals surface area contributed by atoms with E-state index in [1.807, 2.05) is 56.0 Å². The summed E-state index contributed by atoms with van der Waals surface area (Å²) >= 11 is 0. The molecular weight excluding hydrogens is 460 g/mol. The van der Waals surface area contributed by atoms with Gasteiger partial charge in [-0.3, -0.25) is 9.69 Å². The van der Waals surface area contributed by atoms with Crippen LogP contribution in [-0.4, -0.2) is 77.0 Å². The van der Waals surface area contributed by atoms with Crippen molar-refractivity contribution in [3.63, 3.8) is 0 Å². The Bertz CT molecular complexity index is 1210. The molecule has 0 radical (unpaired) electrons. The fourth-order valence-electron chi connectivity index (χ4n) is 4.55. The van der Waals surface area contributed by atoms with Gasteiger partial charge in [-0.05, 0) is 56.5 Å². The molecule has 0 unspecified atom stereocenters. The minimum atomic E-state index is -0.497. The zero-order chi connectivity index (χ0) is 25.8. The van der Waals surface area contributed by atoms with E-state index in [0.29, 0.717) is 55.9 Å². The number of likely N-dealkylation sites (tertiary alicyclic amines) is 1. The van der Waals surface area contributed by atoms with Crippen LogP contribution in [0.4, 0.5) is 0 Å². The number of aliphatic hydroxyl groups excluding tert-OH is 1. The Morgan fingerprint density at radius 1 is 1.14 bits per heavy atom. The molecule has 3 aromatic rings. The topological polar surface area (TPSA) is 101 Å². The molecule has 1 N–H and O–H groups in total. The summed E-state index contributed by atoms with van der Waals surface area (Å²) in [7, 11) is 3.49. The van der Waals surface area contributed by atoms with E-state index in [0.717, 1.165) is 22.3 Å². The number of ether oxygens (including phenoxy) is 2. The summed E-state index contributed by atoms with van der Waals surface area (Å²) in [6.07, 6.45) is -0.0427. The van der Waals surface area contributed by atoms with Gasteiger partial charge in [-0.25, -0.2) is 0 Å². The Hall–Kier alpha value is -3.43. The first-order valence-corrected chi connectivity index (χ1v) is 12.3. The maximum absolute atomic E-state index is 12.6. The molecule has 9 heteroatoms. The molecule has 0 saturated carbocycles. The first-order chi connectivity index (χ1) is 17.3. The van der Waals surface area contributed by atoms with Crippen molar-refractivity contribution in [3.05, 3.63) is 47.5 Å². The van der Waals surface area contributed by atoms with E-state index in [2.05, 4.69) is 16.2 Å². The van der Waals surface area contributed by atoms with Gasteiger partial charge in [-0.15, -0.1) is 0 Å². The largest absolute Gasteiger partial charge is 0.490 e. The highest BCUT2D eigenvalue weighted by Gasteiger charge is 2.36. The molecule has 4 rings (SSSR count). The maximum Gasteiger partial charge on any atom is 0.258 e. The number of rotatable bonds is 9. The Kier molecular flexibility index (Phi) is 7.91. The summed E-state index contributed by atoms with van der Waals surface area (Å²) in [5.74, 6) is 2.22. The number of carbonyl (C=O) groups excluding carboxylic acids is 1. The maximum atomic E-state index is 12.6. The van der Waals surface area contributed by atoms with E-state index in [4.69, 9.17) is 14.0 Å². The van der Waals surface area contributed by atoms with Crippen LogP contribution >= 0.6 is 0 Å². The highest BCUT2D eigenvalue weighted by atomic mass is 16.5. The van der Waals surface area contributed by atoms with Crippen molar-refractivity contribution in [2.75, 3.05) is 33.9 Å². The number of β-amino-alcohol motifs (C(OH)–C–C–N with tert-alkyl or cyclic N) is 1. The standard InChI is InChI=1S/C27H34N4O5/c1-6-34-23-11-9-19(13-24(23)35-7-2)26-28-25(29-36-26)21-10-8-18(12-17(21)3)15-31-16-20(32)14-22(31)27(33)30(4)5/h8-13,20,22,32H,6-7,14-16H2,1-5H3/t20-,22+/m1/s1. The monoisotopic (exact) mass is 494 g/mol. The zero-order valence-corrected chi connectivity index (χ0v) is 21.5. The third kappa shape index (κ3) is 5.52. The number of nitrogens with zero attached hydrogens (tertiary/aromatic N) is 4. The molecule has 1 saturated heterocycles. The summed E-state index contributed by atoms with van der Waals surface area (Å²) in [4.78, 5) is 20.8. The number of hydrogen-bond donors (Lipinski definition) is 1. The zero-order valence-electron chi connectivity index (χ0n) is 21.5. The molecule has 1 aliphatic heterocycles. The van der Waals surface area contributed by atoms with Gasteiger partial charge < -0.3 is 24.0 Å². The molecule has 1 aromatic heterocycles. The van der Waals surface area contributed by atoms with Gasteiger partial charge in [0, 0.05) is 38.3 Å². The second-order valence-electron chi connectivity index (χ2n) is 9.17. The number of amides is 1. The molecule has 1 aliphatic rings. The van der Waals surface area contributed by atoms with E-state index in [1.54, 1.807) is 19.0 Å². The molecule has 36 heavy (non-hydrogen) atoms.